The van der Waals surface area contributed by atoms with Gasteiger partial charge in [0.1, 0.15) is 12.1 Å². The molecule has 22 heavy (non-hydrogen) atoms. The molecule has 0 atom stereocenters. The van der Waals surface area contributed by atoms with Gasteiger partial charge in [0.2, 0.25) is 5.28 Å². The molecule has 0 radical (unpaired) electrons. The molecule has 2 aromatic rings. The number of aryl methyl sites for hydroxylation is 2. The molecular formula is C15H14ClN3O3. The monoisotopic (exact) mass is 319 g/mol. The second-order valence-corrected chi connectivity index (χ2v) is 5.01. The van der Waals surface area contributed by atoms with E-state index in [0.29, 0.717) is 11.4 Å². The van der Waals surface area contributed by atoms with Gasteiger partial charge in [0.15, 0.2) is 5.69 Å². The number of esters is 1. The Morgan fingerprint density at radius 1 is 1.23 bits per heavy atom. The molecule has 0 spiro atoms. The Morgan fingerprint density at radius 3 is 2.41 bits per heavy atom. The zero-order valence-electron chi connectivity index (χ0n) is 12.3. The summed E-state index contributed by atoms with van der Waals surface area (Å²) in [6.45, 7) is 3.73. The first kappa shape index (κ1) is 15.9. The van der Waals surface area contributed by atoms with Crippen LogP contribution in [0.4, 0.5) is 11.5 Å². The highest BCUT2D eigenvalue weighted by Crippen LogP contribution is 2.25. The van der Waals surface area contributed by atoms with Gasteiger partial charge in [-0.15, -0.1) is 0 Å². The molecule has 0 unspecified atom stereocenters. The van der Waals surface area contributed by atoms with E-state index in [9.17, 15) is 9.59 Å². The maximum atomic E-state index is 11.5. The first-order valence-corrected chi connectivity index (χ1v) is 6.78. The molecule has 2 rings (SSSR count). The average Bonchev–Trinajstić information content (AvgIpc) is 2.49. The van der Waals surface area contributed by atoms with E-state index >= 15 is 0 Å². The molecule has 1 aromatic heterocycles. The Bertz CT molecular complexity index is 724. The van der Waals surface area contributed by atoms with Crippen LogP contribution in [0.25, 0.3) is 0 Å². The molecule has 1 N–H and O–H groups in total. The van der Waals surface area contributed by atoms with Crippen LogP contribution in [-0.4, -0.2) is 29.3 Å². The molecule has 0 aliphatic rings. The van der Waals surface area contributed by atoms with Gasteiger partial charge >= 0.3 is 5.97 Å². The number of aromatic nitrogens is 2. The number of carbonyl (C=O) groups excluding carboxylic acids is 2. The number of hydrogen-bond donors (Lipinski definition) is 1. The quantitative estimate of drug-likeness (QED) is 0.530. The maximum absolute atomic E-state index is 11.5. The molecule has 6 nitrogen and oxygen atoms in total. The first-order chi connectivity index (χ1) is 10.4. The summed E-state index contributed by atoms with van der Waals surface area (Å²) in [5.41, 5.74) is 3.19. The number of hydrogen-bond acceptors (Lipinski definition) is 6. The van der Waals surface area contributed by atoms with Gasteiger partial charge in [-0.05, 0) is 48.7 Å². The first-order valence-electron chi connectivity index (χ1n) is 6.41. The largest absolute Gasteiger partial charge is 0.464 e. The topological polar surface area (TPSA) is 81.2 Å². The number of nitrogens with one attached hydrogen (secondary N) is 1. The van der Waals surface area contributed by atoms with Crippen molar-refractivity contribution < 1.29 is 14.3 Å². The molecule has 0 bridgehead atoms. The van der Waals surface area contributed by atoms with E-state index < -0.39 is 5.97 Å². The molecule has 114 valence electrons. The number of rotatable bonds is 4. The van der Waals surface area contributed by atoms with Crippen LogP contribution >= 0.6 is 11.6 Å². The zero-order valence-corrected chi connectivity index (χ0v) is 13.1. The summed E-state index contributed by atoms with van der Waals surface area (Å²) in [6.07, 6.45) is 0.792. The van der Waals surface area contributed by atoms with Crippen LogP contribution in [0.2, 0.25) is 5.28 Å². The minimum Gasteiger partial charge on any atom is -0.464 e. The van der Waals surface area contributed by atoms with Crippen molar-refractivity contribution in [1.29, 1.82) is 0 Å². The molecule has 1 aromatic carbocycles. The van der Waals surface area contributed by atoms with Crippen molar-refractivity contribution in [2.75, 3.05) is 12.4 Å². The maximum Gasteiger partial charge on any atom is 0.356 e. The number of anilines is 2. The number of carbonyl (C=O) groups is 2. The van der Waals surface area contributed by atoms with Crippen molar-refractivity contribution in [3.8, 4) is 0 Å². The van der Waals surface area contributed by atoms with Crippen LogP contribution in [0.1, 0.15) is 32.0 Å². The van der Waals surface area contributed by atoms with Crippen molar-refractivity contribution in [3.63, 3.8) is 0 Å². The summed E-state index contributed by atoms with van der Waals surface area (Å²) in [7, 11) is 1.26. The predicted octanol–water partition coefficient (Wildman–Crippen LogP) is 3.09. The van der Waals surface area contributed by atoms with Crippen LogP contribution in [0.5, 0.6) is 0 Å². The van der Waals surface area contributed by atoms with Crippen LogP contribution in [0.3, 0.4) is 0 Å². The van der Waals surface area contributed by atoms with Crippen molar-refractivity contribution in [2.45, 2.75) is 13.8 Å². The van der Waals surface area contributed by atoms with E-state index in [1.165, 1.54) is 13.2 Å². The number of benzene rings is 1. The second-order valence-electron chi connectivity index (χ2n) is 4.67. The lowest BCUT2D eigenvalue weighted by atomic mass is 10.0. The number of nitrogens with zero attached hydrogens (tertiary/aromatic N) is 2. The lowest BCUT2D eigenvalue weighted by Gasteiger charge is -2.13. The Labute approximate surface area is 132 Å². The Morgan fingerprint density at radius 2 is 1.86 bits per heavy atom. The molecule has 0 aliphatic carbocycles. The molecule has 0 aliphatic heterocycles. The number of ether oxygens (including phenoxy) is 1. The molecule has 1 heterocycles. The van der Waals surface area contributed by atoms with Crippen LogP contribution in [-0.2, 0) is 4.74 Å². The van der Waals surface area contributed by atoms with Gasteiger partial charge in [-0.1, -0.05) is 0 Å². The summed E-state index contributed by atoms with van der Waals surface area (Å²) in [5.74, 6) is -0.234. The minimum atomic E-state index is -0.600. The fourth-order valence-electron chi connectivity index (χ4n) is 2.08. The van der Waals surface area contributed by atoms with E-state index in [-0.39, 0.29) is 11.0 Å². The lowest BCUT2D eigenvalue weighted by Crippen LogP contribution is -2.07. The number of methoxy groups -OCH3 is 1. The van der Waals surface area contributed by atoms with Crippen molar-refractivity contribution >= 4 is 35.4 Å². The van der Waals surface area contributed by atoms with Crippen LogP contribution in [0, 0.1) is 13.8 Å². The van der Waals surface area contributed by atoms with Gasteiger partial charge in [-0.25, -0.2) is 14.8 Å². The van der Waals surface area contributed by atoms with E-state index in [2.05, 4.69) is 20.0 Å². The number of aldehydes is 1. The van der Waals surface area contributed by atoms with Crippen molar-refractivity contribution in [3.05, 3.63) is 45.9 Å². The second kappa shape index (κ2) is 6.53. The normalized spacial score (nSPS) is 10.2. The van der Waals surface area contributed by atoms with E-state index in [1.807, 2.05) is 13.8 Å². The molecule has 0 fully saturated rings. The van der Waals surface area contributed by atoms with Gasteiger partial charge in [-0.3, -0.25) is 4.79 Å². The molecule has 7 heteroatoms. The van der Waals surface area contributed by atoms with Gasteiger partial charge in [-0.2, -0.15) is 0 Å². The third-order valence-corrected chi connectivity index (χ3v) is 3.21. The third-order valence-electron chi connectivity index (χ3n) is 3.04. The van der Waals surface area contributed by atoms with Gasteiger partial charge < -0.3 is 10.1 Å². The summed E-state index contributed by atoms with van der Waals surface area (Å²) >= 11 is 5.83. The summed E-state index contributed by atoms with van der Waals surface area (Å²) in [6, 6.07) is 4.96. The molecular weight excluding hydrogens is 306 g/mol. The van der Waals surface area contributed by atoms with E-state index in [0.717, 1.165) is 23.1 Å². The SMILES string of the molecule is COC(=O)c1cc(Nc2c(C)cc(C=O)cc2C)nc(Cl)n1. The van der Waals surface area contributed by atoms with E-state index in [1.54, 1.807) is 12.1 Å². The molecule has 0 saturated carbocycles. The smallest absolute Gasteiger partial charge is 0.356 e. The van der Waals surface area contributed by atoms with Crippen LogP contribution < -0.4 is 5.32 Å². The number of halogens is 1. The average molecular weight is 320 g/mol. The third kappa shape index (κ3) is 3.40. The van der Waals surface area contributed by atoms with Gasteiger partial charge in [0.25, 0.3) is 0 Å². The Hall–Kier alpha value is -2.47. The summed E-state index contributed by atoms with van der Waals surface area (Å²) in [5, 5.41) is 3.03. The van der Waals surface area contributed by atoms with Gasteiger partial charge in [0.05, 0.1) is 7.11 Å². The standard InChI is InChI=1S/C15H14ClN3O3/c1-8-4-10(7-20)5-9(2)13(8)18-12-6-11(14(21)22-3)17-15(16)19-12/h4-7H,1-3H3,(H,17,18,19). The molecule has 0 amide bonds. The zero-order chi connectivity index (χ0) is 16.3. The summed E-state index contributed by atoms with van der Waals surface area (Å²) in [4.78, 5) is 30.3. The Balaban J connectivity index is 2.41. The minimum absolute atomic E-state index is 0.0600. The Kier molecular flexibility index (Phi) is 4.72. The van der Waals surface area contributed by atoms with Crippen LogP contribution in [0.15, 0.2) is 18.2 Å². The van der Waals surface area contributed by atoms with E-state index in [4.69, 9.17) is 11.6 Å². The molecule has 0 saturated heterocycles. The summed E-state index contributed by atoms with van der Waals surface area (Å²) < 4.78 is 4.62. The predicted molar refractivity (Wildman–Crippen MR) is 83.0 cm³/mol. The highest BCUT2D eigenvalue weighted by Gasteiger charge is 2.13. The lowest BCUT2D eigenvalue weighted by molar-refractivity contribution is 0.0594. The van der Waals surface area contributed by atoms with Crippen molar-refractivity contribution in [1.82, 2.24) is 9.97 Å². The van der Waals surface area contributed by atoms with Gasteiger partial charge in [0, 0.05) is 17.3 Å². The van der Waals surface area contributed by atoms with Crippen molar-refractivity contribution in [2.24, 2.45) is 0 Å². The highest BCUT2D eigenvalue weighted by molar-refractivity contribution is 6.28. The fraction of sp³-hybridized carbons (Fsp3) is 0.200. The fourth-order valence-corrected chi connectivity index (χ4v) is 2.26. The highest BCUT2D eigenvalue weighted by atomic mass is 35.5.